The maximum atomic E-state index is 14.1. The average molecular weight is 541 g/mol. The van der Waals surface area contributed by atoms with Crippen LogP contribution in [0.2, 0.25) is 0 Å². The molecule has 1 fully saturated rings. The van der Waals surface area contributed by atoms with Crippen molar-refractivity contribution in [2.75, 3.05) is 6.54 Å². The first-order chi connectivity index (χ1) is 13.1. The Labute approximate surface area is 176 Å². The first-order valence-corrected chi connectivity index (χ1v) is 9.83. The van der Waals surface area contributed by atoms with Crippen molar-refractivity contribution in [1.82, 2.24) is 5.06 Å². The van der Waals surface area contributed by atoms with Crippen LogP contribution < -0.4 is 0 Å². The van der Waals surface area contributed by atoms with Crippen molar-refractivity contribution in [3.63, 3.8) is 0 Å². The lowest BCUT2D eigenvalue weighted by Crippen LogP contribution is -2.55. The van der Waals surface area contributed by atoms with Crippen molar-refractivity contribution >= 4 is 28.5 Å². The first-order valence-electron chi connectivity index (χ1n) is 8.59. The monoisotopic (exact) mass is 541 g/mol. The van der Waals surface area contributed by atoms with Crippen LogP contribution in [0.5, 0.6) is 0 Å². The number of hydrogen-bond acceptors (Lipinski definition) is 2. The van der Waals surface area contributed by atoms with Crippen LogP contribution in [-0.4, -0.2) is 39.5 Å². The summed E-state index contributed by atoms with van der Waals surface area (Å²) in [5.74, 6) is -13.7. The summed E-state index contributed by atoms with van der Waals surface area (Å²) < 4.78 is 92.1. The SMILES string of the molecule is CC(I)[C@H]1CN(OCc2ccccc2)C(=O)[C@@]1(C)CC(F)(F)C(F)(F)C(F)(F)F. The molecule has 1 aromatic rings. The van der Waals surface area contributed by atoms with Gasteiger partial charge in [-0.15, -0.1) is 0 Å². The number of halogens is 8. The molecule has 29 heavy (non-hydrogen) atoms. The van der Waals surface area contributed by atoms with Gasteiger partial charge in [0, 0.05) is 16.3 Å². The summed E-state index contributed by atoms with van der Waals surface area (Å²) in [5, 5.41) is 0.786. The number of alkyl halides is 8. The Morgan fingerprint density at radius 3 is 2.21 bits per heavy atom. The van der Waals surface area contributed by atoms with Gasteiger partial charge in [-0.05, 0) is 5.56 Å². The van der Waals surface area contributed by atoms with E-state index in [1.807, 2.05) is 22.6 Å². The molecule has 0 radical (unpaired) electrons. The molecule has 0 aliphatic carbocycles. The van der Waals surface area contributed by atoms with Crippen LogP contribution in [0.25, 0.3) is 0 Å². The maximum Gasteiger partial charge on any atom is 0.459 e. The standard InChI is InChI=1S/C18H19F7INO2/c1-11(26)13-8-27(29-9-12-6-4-3-5-7-12)14(28)15(13,2)10-16(19,20)17(21,22)18(23,24)25/h3-7,11,13H,8-10H2,1-2H3/t11?,13-,15+/m1/s1. The highest BCUT2D eigenvalue weighted by Crippen LogP contribution is 2.55. The fourth-order valence-electron chi connectivity index (χ4n) is 3.38. The van der Waals surface area contributed by atoms with Gasteiger partial charge in [-0.1, -0.05) is 66.8 Å². The third kappa shape index (κ3) is 4.64. The van der Waals surface area contributed by atoms with E-state index in [9.17, 15) is 35.5 Å². The fourth-order valence-corrected chi connectivity index (χ4v) is 4.40. The normalized spacial score (nSPS) is 24.8. The fraction of sp³-hybridized carbons (Fsp3) is 0.611. The predicted octanol–water partition coefficient (Wildman–Crippen LogP) is 5.63. The minimum atomic E-state index is -6.44. The second-order valence-corrected chi connectivity index (χ2v) is 9.24. The van der Waals surface area contributed by atoms with Crippen molar-refractivity contribution in [1.29, 1.82) is 0 Å². The molecule has 0 aromatic heterocycles. The summed E-state index contributed by atoms with van der Waals surface area (Å²) in [6.45, 7) is 2.28. The van der Waals surface area contributed by atoms with Crippen molar-refractivity contribution in [2.45, 2.75) is 48.8 Å². The molecule has 164 valence electrons. The van der Waals surface area contributed by atoms with Gasteiger partial charge in [0.25, 0.3) is 5.91 Å². The molecule has 0 saturated carbocycles. The van der Waals surface area contributed by atoms with E-state index in [0.717, 1.165) is 12.0 Å². The number of benzene rings is 1. The molecule has 1 saturated heterocycles. The number of hydrogen-bond donors (Lipinski definition) is 0. The molecule has 1 aliphatic rings. The molecule has 0 N–H and O–H groups in total. The average Bonchev–Trinajstić information content (AvgIpc) is 2.83. The van der Waals surface area contributed by atoms with Crippen LogP contribution in [0.15, 0.2) is 30.3 Å². The minimum absolute atomic E-state index is 0.0832. The van der Waals surface area contributed by atoms with E-state index in [2.05, 4.69) is 0 Å². The number of rotatable bonds is 7. The first kappa shape index (κ1) is 24.2. The molecule has 2 rings (SSSR count). The molecule has 11 heteroatoms. The van der Waals surface area contributed by atoms with E-state index in [0.29, 0.717) is 5.56 Å². The van der Waals surface area contributed by atoms with Gasteiger partial charge in [-0.2, -0.15) is 30.7 Å². The smallest absolute Gasteiger partial charge is 0.272 e. The number of hydroxylamine groups is 2. The molecular weight excluding hydrogens is 522 g/mol. The number of carbonyl (C=O) groups is 1. The van der Waals surface area contributed by atoms with Crippen LogP contribution in [0.1, 0.15) is 25.8 Å². The van der Waals surface area contributed by atoms with Crippen LogP contribution in [0, 0.1) is 11.3 Å². The van der Waals surface area contributed by atoms with Gasteiger partial charge >= 0.3 is 18.0 Å². The summed E-state index contributed by atoms with van der Waals surface area (Å²) in [7, 11) is 0. The molecule has 1 unspecified atom stereocenters. The Morgan fingerprint density at radius 1 is 1.17 bits per heavy atom. The van der Waals surface area contributed by atoms with Gasteiger partial charge in [-0.25, -0.2) is 5.06 Å². The second-order valence-electron chi connectivity index (χ2n) is 7.28. The lowest BCUT2D eigenvalue weighted by molar-refractivity contribution is -0.359. The topological polar surface area (TPSA) is 29.5 Å². The van der Waals surface area contributed by atoms with Gasteiger partial charge in [0.15, 0.2) is 0 Å². The zero-order valence-electron chi connectivity index (χ0n) is 15.5. The third-order valence-electron chi connectivity index (χ3n) is 5.08. The van der Waals surface area contributed by atoms with Crippen molar-refractivity contribution in [2.24, 2.45) is 11.3 Å². The lowest BCUT2D eigenvalue weighted by Gasteiger charge is -2.36. The van der Waals surface area contributed by atoms with E-state index in [4.69, 9.17) is 4.84 Å². The van der Waals surface area contributed by atoms with Gasteiger partial charge in [0.05, 0.1) is 12.0 Å². The van der Waals surface area contributed by atoms with E-state index >= 15 is 0 Å². The molecule has 0 bridgehead atoms. The maximum absolute atomic E-state index is 14.1. The van der Waals surface area contributed by atoms with Crippen molar-refractivity contribution in [3.8, 4) is 0 Å². The van der Waals surface area contributed by atoms with E-state index in [-0.39, 0.29) is 13.2 Å². The highest BCUT2D eigenvalue weighted by atomic mass is 127. The largest absolute Gasteiger partial charge is 0.459 e. The Balaban J connectivity index is 2.27. The lowest BCUT2D eigenvalue weighted by atomic mass is 9.72. The van der Waals surface area contributed by atoms with Gasteiger partial charge in [0.1, 0.15) is 6.61 Å². The Morgan fingerprint density at radius 2 is 1.72 bits per heavy atom. The minimum Gasteiger partial charge on any atom is -0.272 e. The molecule has 3 atom stereocenters. The molecule has 1 aliphatic heterocycles. The summed E-state index contributed by atoms with van der Waals surface area (Å²) in [4.78, 5) is 18.1. The Kier molecular flexibility index (Phi) is 6.83. The molecule has 1 aromatic carbocycles. The number of amides is 1. The van der Waals surface area contributed by atoms with E-state index in [1.165, 1.54) is 0 Å². The van der Waals surface area contributed by atoms with Crippen LogP contribution in [-0.2, 0) is 16.2 Å². The molecule has 1 amide bonds. The quantitative estimate of drug-likeness (QED) is 0.255. The molecule has 1 heterocycles. The summed E-state index contributed by atoms with van der Waals surface area (Å²) >= 11 is 1.83. The van der Waals surface area contributed by atoms with Gasteiger partial charge in [-0.3, -0.25) is 9.63 Å². The number of nitrogens with zero attached hydrogens (tertiary/aromatic N) is 1. The van der Waals surface area contributed by atoms with Gasteiger partial charge in [0.2, 0.25) is 0 Å². The van der Waals surface area contributed by atoms with Gasteiger partial charge < -0.3 is 0 Å². The van der Waals surface area contributed by atoms with E-state index < -0.39 is 45.6 Å². The van der Waals surface area contributed by atoms with Crippen molar-refractivity contribution in [3.05, 3.63) is 35.9 Å². The second kappa shape index (κ2) is 8.20. The highest BCUT2D eigenvalue weighted by molar-refractivity contribution is 14.1. The number of carbonyl (C=O) groups excluding carboxylic acids is 1. The third-order valence-corrected chi connectivity index (χ3v) is 5.95. The van der Waals surface area contributed by atoms with Crippen molar-refractivity contribution < 1.29 is 40.4 Å². The molecule has 0 spiro atoms. The predicted molar refractivity (Wildman–Crippen MR) is 98.6 cm³/mol. The van der Waals surface area contributed by atoms with Crippen LogP contribution in [0.3, 0.4) is 0 Å². The Bertz CT molecular complexity index is 727. The zero-order valence-corrected chi connectivity index (χ0v) is 17.6. The molecule has 3 nitrogen and oxygen atoms in total. The Hall–Kier alpha value is -1.11. The molecular formula is C18H19F7INO2. The van der Waals surface area contributed by atoms with Crippen LogP contribution in [0.4, 0.5) is 30.7 Å². The van der Waals surface area contributed by atoms with Crippen LogP contribution >= 0.6 is 22.6 Å². The van der Waals surface area contributed by atoms with E-state index in [1.54, 1.807) is 37.3 Å². The zero-order chi connectivity index (χ0) is 22.3. The summed E-state index contributed by atoms with van der Waals surface area (Å²) in [6, 6.07) is 8.55. The summed E-state index contributed by atoms with van der Waals surface area (Å²) in [5.41, 5.74) is -1.49. The highest BCUT2D eigenvalue weighted by Gasteiger charge is 2.75. The summed E-state index contributed by atoms with van der Waals surface area (Å²) in [6.07, 6.45) is -8.39.